The summed E-state index contributed by atoms with van der Waals surface area (Å²) in [6, 6.07) is 5.22. The van der Waals surface area contributed by atoms with Crippen LogP contribution in [0.25, 0.3) is 0 Å². The highest BCUT2D eigenvalue weighted by Crippen LogP contribution is 2.24. The maximum atomic E-state index is 11.8. The van der Waals surface area contributed by atoms with Gasteiger partial charge in [0.15, 0.2) is 0 Å². The van der Waals surface area contributed by atoms with E-state index in [0.29, 0.717) is 39.1 Å². The predicted octanol–water partition coefficient (Wildman–Crippen LogP) is 5.35. The molecule has 2 aromatic rings. The Labute approximate surface area is 177 Å². The van der Waals surface area contributed by atoms with E-state index in [0.717, 1.165) is 11.1 Å². The molecule has 6 nitrogen and oxygen atoms in total. The van der Waals surface area contributed by atoms with Crippen LogP contribution < -0.4 is 10.6 Å². The van der Waals surface area contributed by atoms with Crippen molar-refractivity contribution in [2.45, 2.75) is 6.92 Å². The topological polar surface area (TPSA) is 76.1 Å². The second-order valence-electron chi connectivity index (χ2n) is 5.76. The van der Waals surface area contributed by atoms with E-state index in [2.05, 4.69) is 49.7 Å². The lowest BCUT2D eigenvalue weighted by molar-refractivity contribution is 0.0599. The number of methoxy groups -OCH3 is 1. The van der Waals surface area contributed by atoms with Gasteiger partial charge in [-0.2, -0.15) is 4.98 Å². The van der Waals surface area contributed by atoms with Crippen LogP contribution >= 0.6 is 27.5 Å². The summed E-state index contributed by atoms with van der Waals surface area (Å²) >= 11 is 9.16. The van der Waals surface area contributed by atoms with Crippen LogP contribution in [0.3, 0.4) is 0 Å². The van der Waals surface area contributed by atoms with Gasteiger partial charge in [-0.05, 0) is 52.7 Å². The van der Waals surface area contributed by atoms with Crippen LogP contribution in [-0.4, -0.2) is 29.6 Å². The normalized spacial score (nSPS) is 10.9. The Kier molecular flexibility index (Phi) is 7.78. The molecule has 0 fully saturated rings. The monoisotopic (exact) mass is 462 g/mol. The van der Waals surface area contributed by atoms with Crippen LogP contribution in [0.1, 0.15) is 15.9 Å². The molecule has 0 spiro atoms. The van der Waals surface area contributed by atoms with E-state index >= 15 is 0 Å². The molecule has 0 saturated carbocycles. The van der Waals surface area contributed by atoms with E-state index < -0.39 is 5.97 Å². The lowest BCUT2D eigenvalue weighted by atomic mass is 10.2. The van der Waals surface area contributed by atoms with Gasteiger partial charge in [0.2, 0.25) is 5.95 Å². The molecular weight excluding hydrogens is 444 g/mol. The van der Waals surface area contributed by atoms with Crippen LogP contribution in [0.5, 0.6) is 0 Å². The highest BCUT2D eigenvalue weighted by molar-refractivity contribution is 9.10. The van der Waals surface area contributed by atoms with Gasteiger partial charge in [-0.1, -0.05) is 30.8 Å². The maximum Gasteiger partial charge on any atom is 0.339 e. The molecule has 0 saturated heterocycles. The molecule has 8 heteroatoms. The summed E-state index contributed by atoms with van der Waals surface area (Å²) in [5.74, 6) is 0.611. The number of carbonyl (C=O) groups is 1. The minimum Gasteiger partial charge on any atom is -0.465 e. The van der Waals surface area contributed by atoms with Gasteiger partial charge in [0.1, 0.15) is 5.82 Å². The molecule has 0 aliphatic rings. The number of aromatic nitrogens is 2. The van der Waals surface area contributed by atoms with Gasteiger partial charge < -0.3 is 15.4 Å². The van der Waals surface area contributed by atoms with Gasteiger partial charge in [0, 0.05) is 33.5 Å². The van der Waals surface area contributed by atoms with Crippen molar-refractivity contribution in [1.82, 2.24) is 9.97 Å². The molecule has 146 valence electrons. The van der Waals surface area contributed by atoms with E-state index in [1.165, 1.54) is 7.11 Å². The number of anilines is 3. The van der Waals surface area contributed by atoms with Gasteiger partial charge in [-0.3, -0.25) is 0 Å². The van der Waals surface area contributed by atoms with Crippen molar-refractivity contribution in [2.24, 2.45) is 0 Å². The summed E-state index contributed by atoms with van der Waals surface area (Å²) in [6.07, 6.45) is 5.13. The number of nitrogens with one attached hydrogen (secondary N) is 2. The lowest BCUT2D eigenvalue weighted by Gasteiger charge is -2.12. The molecule has 0 radical (unpaired) electrons. The lowest BCUT2D eigenvalue weighted by Crippen LogP contribution is -2.09. The number of allylic oxidation sites excluding steroid dienone is 2. The second-order valence-corrected chi connectivity index (χ2v) is 7.10. The summed E-state index contributed by atoms with van der Waals surface area (Å²) in [4.78, 5) is 20.6. The largest absolute Gasteiger partial charge is 0.465 e. The second kappa shape index (κ2) is 10.1. The molecule has 1 heterocycles. The number of rotatable bonds is 8. The van der Waals surface area contributed by atoms with Gasteiger partial charge in [-0.15, -0.1) is 0 Å². The molecule has 0 atom stereocenters. The van der Waals surface area contributed by atoms with Crippen molar-refractivity contribution in [3.8, 4) is 0 Å². The highest BCUT2D eigenvalue weighted by Gasteiger charge is 2.12. The number of halogens is 2. The number of ether oxygens (including phenoxy) is 1. The maximum absolute atomic E-state index is 11.8. The quantitative estimate of drug-likeness (QED) is 0.406. The smallest absolute Gasteiger partial charge is 0.339 e. The van der Waals surface area contributed by atoms with E-state index in [1.807, 2.05) is 6.92 Å². The molecule has 1 aromatic carbocycles. The number of hydrogen-bond donors (Lipinski definition) is 2. The van der Waals surface area contributed by atoms with Crippen LogP contribution in [0.15, 0.2) is 64.8 Å². The average molecular weight is 464 g/mol. The Hall–Kier alpha value is -2.64. The van der Waals surface area contributed by atoms with Crippen LogP contribution in [0.4, 0.5) is 17.5 Å². The van der Waals surface area contributed by atoms with Crippen molar-refractivity contribution in [3.63, 3.8) is 0 Å². The van der Waals surface area contributed by atoms with Crippen LogP contribution in [-0.2, 0) is 4.74 Å². The summed E-state index contributed by atoms with van der Waals surface area (Å²) in [7, 11) is 1.33. The number of carbonyl (C=O) groups excluding carboxylic acids is 1. The SMILES string of the molecule is C=C/C(=C\C(=C)Cl)CNc1nc(Nc2ccc(Br)c(C(=O)OC)c2)ncc1C. The first-order chi connectivity index (χ1) is 13.3. The highest BCUT2D eigenvalue weighted by atomic mass is 79.9. The number of nitrogens with zero attached hydrogens (tertiary/aromatic N) is 2. The van der Waals surface area contributed by atoms with E-state index in [9.17, 15) is 4.79 Å². The fraction of sp³-hybridized carbons (Fsp3) is 0.150. The van der Waals surface area contributed by atoms with E-state index in [-0.39, 0.29) is 0 Å². The van der Waals surface area contributed by atoms with Crippen molar-refractivity contribution in [3.05, 3.63) is 75.9 Å². The fourth-order valence-corrected chi connectivity index (χ4v) is 2.80. The van der Waals surface area contributed by atoms with Crippen molar-refractivity contribution in [1.29, 1.82) is 0 Å². The minimum absolute atomic E-state index is 0.386. The Balaban J connectivity index is 2.20. The molecular formula is C20H20BrClN4O2. The van der Waals surface area contributed by atoms with Gasteiger partial charge in [-0.25, -0.2) is 9.78 Å². The first-order valence-corrected chi connectivity index (χ1v) is 9.41. The molecule has 28 heavy (non-hydrogen) atoms. The summed E-state index contributed by atoms with van der Waals surface area (Å²) in [6.45, 7) is 9.80. The Bertz CT molecular complexity index is 944. The van der Waals surface area contributed by atoms with Gasteiger partial charge >= 0.3 is 5.97 Å². The molecule has 2 rings (SSSR count). The molecule has 0 aliphatic carbocycles. The summed E-state index contributed by atoms with van der Waals surface area (Å²) in [5.41, 5.74) is 2.82. The zero-order valence-electron chi connectivity index (χ0n) is 15.6. The minimum atomic E-state index is -0.438. The number of benzene rings is 1. The average Bonchev–Trinajstić information content (AvgIpc) is 2.67. The third-order valence-corrected chi connectivity index (χ3v) is 4.46. The Morgan fingerprint density at radius 3 is 2.82 bits per heavy atom. The fourth-order valence-electron chi connectivity index (χ4n) is 2.25. The molecule has 1 aromatic heterocycles. The predicted molar refractivity (Wildman–Crippen MR) is 117 cm³/mol. The molecule has 0 unspecified atom stereocenters. The van der Waals surface area contributed by atoms with E-state index in [1.54, 1.807) is 36.5 Å². The molecule has 0 bridgehead atoms. The van der Waals surface area contributed by atoms with Crippen molar-refractivity contribution < 1.29 is 9.53 Å². The Morgan fingerprint density at radius 2 is 2.18 bits per heavy atom. The standard InChI is InChI=1S/C20H20BrClN4O2/c1-5-14(8-13(3)22)11-23-18-12(2)10-24-20(26-18)25-15-6-7-17(21)16(9-15)19(27)28-4/h5-10H,1,3,11H2,2,4H3,(H2,23,24,25,26)/b14-8+. The number of hydrogen-bond acceptors (Lipinski definition) is 6. The Morgan fingerprint density at radius 1 is 1.43 bits per heavy atom. The number of esters is 1. The molecule has 2 N–H and O–H groups in total. The zero-order valence-corrected chi connectivity index (χ0v) is 17.9. The zero-order chi connectivity index (χ0) is 20.7. The van der Waals surface area contributed by atoms with Gasteiger partial charge in [0.05, 0.1) is 12.7 Å². The third-order valence-electron chi connectivity index (χ3n) is 3.66. The first kappa shape index (κ1) is 21.7. The molecule has 0 amide bonds. The van der Waals surface area contributed by atoms with E-state index in [4.69, 9.17) is 16.3 Å². The molecule has 0 aliphatic heterocycles. The number of aryl methyl sites for hydroxylation is 1. The van der Waals surface area contributed by atoms with Gasteiger partial charge in [0.25, 0.3) is 0 Å². The summed E-state index contributed by atoms with van der Waals surface area (Å²) < 4.78 is 5.42. The third kappa shape index (κ3) is 5.94. The van der Waals surface area contributed by atoms with Crippen LogP contribution in [0.2, 0.25) is 0 Å². The summed E-state index contributed by atoms with van der Waals surface area (Å²) in [5, 5.41) is 6.75. The van der Waals surface area contributed by atoms with Crippen LogP contribution in [0, 0.1) is 6.92 Å². The first-order valence-electron chi connectivity index (χ1n) is 8.24. The van der Waals surface area contributed by atoms with Crippen molar-refractivity contribution >= 4 is 51.0 Å². The van der Waals surface area contributed by atoms with Crippen molar-refractivity contribution in [2.75, 3.05) is 24.3 Å².